The first kappa shape index (κ1) is 18.4. The smallest absolute Gasteiger partial charge is 0.253 e. The number of carbonyl (C=O) groups excluding carboxylic acids is 2. The Balaban J connectivity index is 1.81. The van der Waals surface area contributed by atoms with Crippen LogP contribution in [0.4, 0.5) is 5.69 Å². The summed E-state index contributed by atoms with van der Waals surface area (Å²) >= 11 is 0. The van der Waals surface area contributed by atoms with Crippen molar-refractivity contribution in [3.8, 4) is 0 Å². The highest BCUT2D eigenvalue weighted by atomic mass is 16.5. The van der Waals surface area contributed by atoms with Crippen LogP contribution in [0.1, 0.15) is 10.4 Å². The quantitative estimate of drug-likeness (QED) is 0.699. The van der Waals surface area contributed by atoms with Crippen LogP contribution in [0, 0.1) is 0 Å². The van der Waals surface area contributed by atoms with Crippen molar-refractivity contribution in [2.45, 2.75) is 0 Å². The molecule has 0 unspecified atom stereocenters. The molecule has 1 aliphatic heterocycles. The largest absolute Gasteiger partial charge is 0.383 e. The normalized spacial score (nSPS) is 15.3. The van der Waals surface area contributed by atoms with E-state index in [1.165, 1.54) is 0 Å². The van der Waals surface area contributed by atoms with Crippen molar-refractivity contribution < 1.29 is 14.3 Å². The average molecular weight is 334 g/mol. The van der Waals surface area contributed by atoms with Gasteiger partial charge in [0.15, 0.2) is 0 Å². The Kier molecular flexibility index (Phi) is 7.17. The second-order valence-corrected chi connectivity index (χ2v) is 5.89. The molecule has 1 aromatic carbocycles. The van der Waals surface area contributed by atoms with E-state index in [1.807, 2.05) is 4.90 Å². The van der Waals surface area contributed by atoms with Gasteiger partial charge in [0, 0.05) is 51.1 Å². The number of benzene rings is 1. The van der Waals surface area contributed by atoms with Crippen molar-refractivity contribution in [1.29, 1.82) is 0 Å². The molecule has 1 heterocycles. The standard InChI is InChI=1S/C17H26N4O3/c1-20-8-10-21(11-9-20)17(23)14-3-5-15(6-4-14)19-16(22)13-18-7-12-24-2/h3-6,18H,7-13H2,1-2H3,(H,19,22). The number of hydrogen-bond donors (Lipinski definition) is 2. The summed E-state index contributed by atoms with van der Waals surface area (Å²) in [6.45, 7) is 4.72. The minimum Gasteiger partial charge on any atom is -0.383 e. The number of piperazine rings is 1. The second-order valence-electron chi connectivity index (χ2n) is 5.89. The Labute approximate surface area is 142 Å². The molecule has 7 nitrogen and oxygen atoms in total. The summed E-state index contributed by atoms with van der Waals surface area (Å²) in [5.74, 6) is -0.0774. The van der Waals surface area contributed by atoms with E-state index < -0.39 is 0 Å². The molecule has 0 atom stereocenters. The van der Waals surface area contributed by atoms with Crippen LogP contribution in [-0.2, 0) is 9.53 Å². The molecule has 0 spiro atoms. The molecule has 2 amide bonds. The van der Waals surface area contributed by atoms with E-state index in [0.717, 1.165) is 26.2 Å². The number of likely N-dealkylation sites (N-methyl/N-ethyl adjacent to an activating group) is 1. The van der Waals surface area contributed by atoms with Gasteiger partial charge in [-0.3, -0.25) is 9.59 Å². The van der Waals surface area contributed by atoms with Gasteiger partial charge in [0.05, 0.1) is 13.2 Å². The Morgan fingerprint density at radius 3 is 2.42 bits per heavy atom. The Bertz CT molecular complexity index is 539. The van der Waals surface area contributed by atoms with Crippen LogP contribution < -0.4 is 10.6 Å². The fourth-order valence-electron chi connectivity index (χ4n) is 2.47. The molecule has 132 valence electrons. The monoisotopic (exact) mass is 334 g/mol. The number of rotatable bonds is 7. The number of hydrogen-bond acceptors (Lipinski definition) is 5. The fourth-order valence-corrected chi connectivity index (χ4v) is 2.47. The number of nitrogens with zero attached hydrogens (tertiary/aromatic N) is 2. The van der Waals surface area contributed by atoms with Crippen LogP contribution in [0.2, 0.25) is 0 Å². The van der Waals surface area contributed by atoms with E-state index in [1.54, 1.807) is 31.4 Å². The predicted octanol–water partition coefficient (Wildman–Crippen LogP) is 0.249. The minimum absolute atomic E-state index is 0.0437. The summed E-state index contributed by atoms with van der Waals surface area (Å²) in [6.07, 6.45) is 0. The van der Waals surface area contributed by atoms with E-state index in [9.17, 15) is 9.59 Å². The molecule has 2 N–H and O–H groups in total. The molecule has 1 saturated heterocycles. The van der Waals surface area contributed by atoms with Crippen molar-refractivity contribution in [2.24, 2.45) is 0 Å². The maximum absolute atomic E-state index is 12.4. The average Bonchev–Trinajstić information content (AvgIpc) is 2.59. The number of amides is 2. The molecule has 0 saturated carbocycles. The van der Waals surface area contributed by atoms with Crippen molar-refractivity contribution in [3.63, 3.8) is 0 Å². The minimum atomic E-state index is -0.121. The molecule has 0 aliphatic carbocycles. The van der Waals surface area contributed by atoms with Gasteiger partial charge in [-0.05, 0) is 31.3 Å². The summed E-state index contributed by atoms with van der Waals surface area (Å²) in [6, 6.07) is 7.04. The highest BCUT2D eigenvalue weighted by Crippen LogP contribution is 2.12. The van der Waals surface area contributed by atoms with Gasteiger partial charge in [0.2, 0.25) is 5.91 Å². The third kappa shape index (κ3) is 5.59. The number of ether oxygens (including phenoxy) is 1. The van der Waals surface area contributed by atoms with Crippen LogP contribution in [0.15, 0.2) is 24.3 Å². The number of anilines is 1. The zero-order chi connectivity index (χ0) is 17.4. The lowest BCUT2D eigenvalue weighted by Crippen LogP contribution is -2.47. The molecular weight excluding hydrogens is 308 g/mol. The summed E-state index contributed by atoms with van der Waals surface area (Å²) in [5.41, 5.74) is 1.33. The van der Waals surface area contributed by atoms with Gasteiger partial charge in [-0.25, -0.2) is 0 Å². The number of methoxy groups -OCH3 is 1. The Hall–Kier alpha value is -1.96. The van der Waals surface area contributed by atoms with Crippen molar-refractivity contribution in [3.05, 3.63) is 29.8 Å². The molecule has 0 radical (unpaired) electrons. The maximum Gasteiger partial charge on any atom is 0.253 e. The Morgan fingerprint density at radius 2 is 1.79 bits per heavy atom. The van der Waals surface area contributed by atoms with Gasteiger partial charge in [0.1, 0.15) is 0 Å². The Morgan fingerprint density at radius 1 is 1.12 bits per heavy atom. The first-order valence-electron chi connectivity index (χ1n) is 8.17. The molecular formula is C17H26N4O3. The molecule has 7 heteroatoms. The number of nitrogens with one attached hydrogen (secondary N) is 2. The zero-order valence-corrected chi connectivity index (χ0v) is 14.4. The van der Waals surface area contributed by atoms with Crippen molar-refractivity contribution >= 4 is 17.5 Å². The van der Waals surface area contributed by atoms with E-state index in [4.69, 9.17) is 4.74 Å². The molecule has 0 aromatic heterocycles. The van der Waals surface area contributed by atoms with Crippen molar-refractivity contribution in [1.82, 2.24) is 15.1 Å². The molecule has 2 rings (SSSR count). The van der Waals surface area contributed by atoms with Crippen LogP contribution in [0.25, 0.3) is 0 Å². The zero-order valence-electron chi connectivity index (χ0n) is 14.4. The third-order valence-electron chi connectivity index (χ3n) is 3.97. The van der Waals surface area contributed by atoms with Gasteiger partial charge < -0.3 is 25.2 Å². The summed E-state index contributed by atoms with van der Waals surface area (Å²) in [4.78, 5) is 28.3. The summed E-state index contributed by atoms with van der Waals surface area (Å²) < 4.78 is 4.90. The van der Waals surface area contributed by atoms with Gasteiger partial charge in [-0.2, -0.15) is 0 Å². The topological polar surface area (TPSA) is 73.9 Å². The fraction of sp³-hybridized carbons (Fsp3) is 0.529. The van der Waals surface area contributed by atoms with Gasteiger partial charge in [0.25, 0.3) is 5.91 Å². The van der Waals surface area contributed by atoms with Crippen LogP contribution in [-0.4, -0.2) is 81.6 Å². The number of carbonyl (C=O) groups is 2. The lowest BCUT2D eigenvalue weighted by atomic mass is 10.1. The predicted molar refractivity (Wildman–Crippen MR) is 93.2 cm³/mol. The van der Waals surface area contributed by atoms with E-state index in [2.05, 4.69) is 22.6 Å². The van der Waals surface area contributed by atoms with Crippen LogP contribution in [0.3, 0.4) is 0 Å². The van der Waals surface area contributed by atoms with Gasteiger partial charge in [-0.1, -0.05) is 0 Å². The lowest BCUT2D eigenvalue weighted by Gasteiger charge is -2.32. The van der Waals surface area contributed by atoms with E-state index in [0.29, 0.717) is 24.4 Å². The molecule has 1 aliphatic rings. The molecule has 0 bridgehead atoms. The highest BCUT2D eigenvalue weighted by molar-refractivity contribution is 5.96. The van der Waals surface area contributed by atoms with E-state index in [-0.39, 0.29) is 18.4 Å². The second kappa shape index (κ2) is 9.36. The summed E-state index contributed by atoms with van der Waals surface area (Å²) in [7, 11) is 3.68. The first-order chi connectivity index (χ1) is 11.6. The molecule has 1 fully saturated rings. The molecule has 1 aromatic rings. The third-order valence-corrected chi connectivity index (χ3v) is 3.97. The highest BCUT2D eigenvalue weighted by Gasteiger charge is 2.20. The van der Waals surface area contributed by atoms with Crippen molar-refractivity contribution in [2.75, 3.05) is 65.3 Å². The first-order valence-corrected chi connectivity index (χ1v) is 8.17. The SMILES string of the molecule is COCCNCC(=O)Nc1ccc(C(=O)N2CCN(C)CC2)cc1. The van der Waals surface area contributed by atoms with Gasteiger partial charge in [-0.15, -0.1) is 0 Å². The summed E-state index contributed by atoms with van der Waals surface area (Å²) in [5, 5.41) is 5.78. The maximum atomic E-state index is 12.4. The van der Waals surface area contributed by atoms with Crippen LogP contribution in [0.5, 0.6) is 0 Å². The molecule has 24 heavy (non-hydrogen) atoms. The lowest BCUT2D eigenvalue weighted by molar-refractivity contribution is -0.115. The van der Waals surface area contributed by atoms with Crippen LogP contribution >= 0.6 is 0 Å². The van der Waals surface area contributed by atoms with E-state index >= 15 is 0 Å². The van der Waals surface area contributed by atoms with Gasteiger partial charge >= 0.3 is 0 Å².